The fourth-order valence-corrected chi connectivity index (χ4v) is 2.78. The summed E-state index contributed by atoms with van der Waals surface area (Å²) in [6.45, 7) is 1.76. The number of hydrogen-bond donors (Lipinski definition) is 1. The number of aromatic nitrogens is 2. The Hall–Kier alpha value is -2.87. The summed E-state index contributed by atoms with van der Waals surface area (Å²) in [5.74, 6) is 1.34. The van der Waals surface area contributed by atoms with Gasteiger partial charge in [-0.05, 0) is 55.5 Å². The summed E-state index contributed by atoms with van der Waals surface area (Å²) in [7, 11) is -3.25. The molecule has 25 heavy (non-hydrogen) atoms. The minimum absolute atomic E-state index is 0.151. The van der Waals surface area contributed by atoms with Gasteiger partial charge >= 0.3 is 0 Å². The molecular weight excluding hydrogens is 344 g/mol. The van der Waals surface area contributed by atoms with Gasteiger partial charge in [-0.25, -0.2) is 8.42 Å². The second-order valence-corrected chi connectivity index (χ2v) is 7.52. The van der Waals surface area contributed by atoms with E-state index in [1.807, 2.05) is 0 Å². The van der Waals surface area contributed by atoms with Crippen LogP contribution in [-0.4, -0.2) is 29.9 Å². The minimum Gasteiger partial charge on any atom is -0.508 e. The van der Waals surface area contributed by atoms with Crippen LogP contribution in [0.4, 0.5) is 0 Å². The molecule has 0 bridgehead atoms. The van der Waals surface area contributed by atoms with E-state index < -0.39 is 15.9 Å². The van der Waals surface area contributed by atoms with Crippen LogP contribution in [0.2, 0.25) is 0 Å². The molecule has 1 atom stereocenters. The molecule has 0 amide bonds. The van der Waals surface area contributed by atoms with Crippen molar-refractivity contribution in [3.63, 3.8) is 0 Å². The van der Waals surface area contributed by atoms with E-state index in [4.69, 9.17) is 9.26 Å². The second kappa shape index (κ2) is 6.56. The molecular formula is C17H16N2O5S. The number of benzene rings is 2. The van der Waals surface area contributed by atoms with Crippen LogP contribution >= 0.6 is 0 Å². The number of nitrogens with zero attached hydrogens (tertiary/aromatic N) is 2. The second-order valence-electron chi connectivity index (χ2n) is 5.51. The molecule has 0 aliphatic rings. The lowest BCUT2D eigenvalue weighted by molar-refractivity contribution is 0.175. The third-order valence-electron chi connectivity index (χ3n) is 3.48. The van der Waals surface area contributed by atoms with Gasteiger partial charge in [0, 0.05) is 11.8 Å². The topological polar surface area (TPSA) is 103 Å². The third-order valence-corrected chi connectivity index (χ3v) is 4.61. The van der Waals surface area contributed by atoms with E-state index in [1.54, 1.807) is 31.2 Å². The fourth-order valence-electron chi connectivity index (χ4n) is 2.15. The van der Waals surface area contributed by atoms with Gasteiger partial charge in [0.25, 0.3) is 5.89 Å². The Kier molecular flexibility index (Phi) is 4.45. The number of sulfone groups is 1. The fraction of sp³-hybridized carbons (Fsp3) is 0.176. The molecule has 2 aromatic carbocycles. The summed E-state index contributed by atoms with van der Waals surface area (Å²) in [5.41, 5.74) is 0.638. The van der Waals surface area contributed by atoms with E-state index in [2.05, 4.69) is 10.1 Å². The van der Waals surface area contributed by atoms with E-state index in [-0.39, 0.29) is 16.5 Å². The molecule has 7 nitrogen and oxygen atoms in total. The normalized spacial score (nSPS) is 12.7. The number of hydrogen-bond acceptors (Lipinski definition) is 7. The van der Waals surface area contributed by atoms with E-state index in [9.17, 15) is 13.5 Å². The predicted octanol–water partition coefficient (Wildman–Crippen LogP) is 2.99. The average molecular weight is 360 g/mol. The molecule has 0 radical (unpaired) electrons. The summed E-state index contributed by atoms with van der Waals surface area (Å²) in [5, 5.41) is 13.2. The standard InChI is InChI=1S/C17H16N2O5S/c1-11(23-14-7-5-13(20)6-8-14)17-18-16(19-24-17)12-3-9-15(10-4-12)25(2,21)22/h3-11,20H,1-2H3/t11-/m1/s1. The van der Waals surface area contributed by atoms with E-state index in [1.165, 1.54) is 24.3 Å². The molecule has 3 aromatic rings. The Bertz CT molecular complexity index is 963. The van der Waals surface area contributed by atoms with Gasteiger partial charge < -0.3 is 14.4 Å². The van der Waals surface area contributed by atoms with Crippen molar-refractivity contribution in [2.75, 3.05) is 6.26 Å². The molecule has 130 valence electrons. The Morgan fingerprint density at radius 2 is 1.72 bits per heavy atom. The molecule has 0 spiro atoms. The summed E-state index contributed by atoms with van der Waals surface area (Å²) >= 11 is 0. The van der Waals surface area contributed by atoms with Crippen LogP contribution in [-0.2, 0) is 9.84 Å². The predicted molar refractivity (Wildman–Crippen MR) is 90.0 cm³/mol. The van der Waals surface area contributed by atoms with Crippen molar-refractivity contribution in [2.24, 2.45) is 0 Å². The van der Waals surface area contributed by atoms with Crippen LogP contribution in [0, 0.1) is 0 Å². The summed E-state index contributed by atoms with van der Waals surface area (Å²) < 4.78 is 33.9. The highest BCUT2D eigenvalue weighted by molar-refractivity contribution is 7.90. The zero-order valence-electron chi connectivity index (χ0n) is 13.6. The summed E-state index contributed by atoms with van der Waals surface area (Å²) in [6.07, 6.45) is 0.665. The first-order valence-electron chi connectivity index (χ1n) is 7.43. The summed E-state index contributed by atoms with van der Waals surface area (Å²) in [4.78, 5) is 4.51. The third kappa shape index (κ3) is 3.97. The molecule has 1 N–H and O–H groups in total. The molecule has 0 aliphatic carbocycles. The lowest BCUT2D eigenvalue weighted by Gasteiger charge is -2.10. The number of phenols is 1. The molecule has 8 heteroatoms. The largest absolute Gasteiger partial charge is 0.508 e. The quantitative estimate of drug-likeness (QED) is 0.746. The van der Waals surface area contributed by atoms with Crippen molar-refractivity contribution in [3.05, 3.63) is 54.4 Å². The monoisotopic (exact) mass is 360 g/mol. The first-order valence-corrected chi connectivity index (χ1v) is 9.32. The first kappa shape index (κ1) is 17.0. The van der Waals surface area contributed by atoms with Gasteiger partial charge in [-0.2, -0.15) is 4.98 Å². The lowest BCUT2D eigenvalue weighted by atomic mass is 10.2. The van der Waals surface area contributed by atoms with E-state index >= 15 is 0 Å². The number of aromatic hydroxyl groups is 1. The number of rotatable bonds is 5. The SMILES string of the molecule is C[C@@H](Oc1ccc(O)cc1)c1nc(-c2ccc(S(C)(=O)=O)cc2)no1. The molecule has 0 aliphatic heterocycles. The van der Waals surface area contributed by atoms with E-state index in [0.717, 1.165) is 6.26 Å². The Balaban J connectivity index is 1.76. The zero-order chi connectivity index (χ0) is 18.0. The van der Waals surface area contributed by atoms with Crippen LogP contribution in [0.25, 0.3) is 11.4 Å². The van der Waals surface area contributed by atoms with Crippen LogP contribution in [0.5, 0.6) is 11.5 Å². The molecule has 3 rings (SSSR count). The van der Waals surface area contributed by atoms with Crippen LogP contribution in [0.3, 0.4) is 0 Å². The molecule has 1 heterocycles. The Morgan fingerprint density at radius 3 is 2.32 bits per heavy atom. The molecule has 0 unspecified atom stereocenters. The maximum absolute atomic E-state index is 11.5. The van der Waals surface area contributed by atoms with Crippen molar-refractivity contribution in [1.82, 2.24) is 10.1 Å². The molecule has 0 fully saturated rings. The first-order chi connectivity index (χ1) is 11.8. The maximum Gasteiger partial charge on any atom is 0.267 e. The highest BCUT2D eigenvalue weighted by Crippen LogP contribution is 2.25. The van der Waals surface area contributed by atoms with Gasteiger partial charge in [0.1, 0.15) is 11.5 Å². The number of ether oxygens (including phenoxy) is 1. The average Bonchev–Trinajstić information content (AvgIpc) is 3.06. The van der Waals surface area contributed by atoms with Gasteiger partial charge in [0.15, 0.2) is 15.9 Å². The minimum atomic E-state index is -3.25. The highest BCUT2D eigenvalue weighted by Gasteiger charge is 2.17. The smallest absolute Gasteiger partial charge is 0.267 e. The highest BCUT2D eigenvalue weighted by atomic mass is 32.2. The van der Waals surface area contributed by atoms with Crippen LogP contribution in [0.1, 0.15) is 18.9 Å². The van der Waals surface area contributed by atoms with Crippen molar-refractivity contribution < 1.29 is 22.8 Å². The number of phenolic OH excluding ortho intramolecular Hbond substituents is 1. The van der Waals surface area contributed by atoms with Crippen molar-refractivity contribution in [3.8, 4) is 22.9 Å². The van der Waals surface area contributed by atoms with Gasteiger partial charge in [-0.15, -0.1) is 0 Å². The molecule has 0 saturated carbocycles. The van der Waals surface area contributed by atoms with Crippen LogP contribution in [0.15, 0.2) is 57.9 Å². The van der Waals surface area contributed by atoms with Gasteiger partial charge in [0.2, 0.25) is 5.82 Å². The zero-order valence-corrected chi connectivity index (χ0v) is 14.4. The van der Waals surface area contributed by atoms with Gasteiger partial charge in [-0.3, -0.25) is 0 Å². The summed E-state index contributed by atoms with van der Waals surface area (Å²) in [6, 6.07) is 12.5. The van der Waals surface area contributed by atoms with Gasteiger partial charge in [0.05, 0.1) is 4.90 Å². The molecule has 1 aromatic heterocycles. The van der Waals surface area contributed by atoms with E-state index in [0.29, 0.717) is 17.1 Å². The Morgan fingerprint density at radius 1 is 1.08 bits per heavy atom. The van der Waals surface area contributed by atoms with Crippen molar-refractivity contribution >= 4 is 9.84 Å². The van der Waals surface area contributed by atoms with Crippen molar-refractivity contribution in [2.45, 2.75) is 17.9 Å². The molecule has 0 saturated heterocycles. The Labute approximate surface area is 144 Å². The van der Waals surface area contributed by atoms with Gasteiger partial charge in [-0.1, -0.05) is 5.16 Å². The lowest BCUT2D eigenvalue weighted by Crippen LogP contribution is -2.03. The van der Waals surface area contributed by atoms with Crippen molar-refractivity contribution in [1.29, 1.82) is 0 Å². The maximum atomic E-state index is 11.5. The van der Waals surface area contributed by atoms with Crippen LogP contribution < -0.4 is 4.74 Å².